The molecule has 9 aromatic rings. The number of hydrogen-bond acceptors (Lipinski definition) is 2. The van der Waals surface area contributed by atoms with Crippen LogP contribution in [0.5, 0.6) is 0 Å². The minimum atomic E-state index is -0.244. The molecule has 0 fully saturated rings. The van der Waals surface area contributed by atoms with Gasteiger partial charge in [-0.1, -0.05) is 167 Å². The van der Waals surface area contributed by atoms with Crippen LogP contribution >= 0.6 is 0 Å². The lowest BCUT2D eigenvalue weighted by Crippen LogP contribution is -2.24. The van der Waals surface area contributed by atoms with Gasteiger partial charge in [0.1, 0.15) is 5.58 Å². The van der Waals surface area contributed by atoms with E-state index in [-0.39, 0.29) is 10.8 Å². The number of fused-ring (bicyclic) bond motifs is 12. The third kappa shape index (κ3) is 4.11. The average molecular weight is 694 g/mol. The van der Waals surface area contributed by atoms with Crippen molar-refractivity contribution in [2.75, 3.05) is 4.90 Å². The van der Waals surface area contributed by atoms with Gasteiger partial charge in [0, 0.05) is 38.2 Å². The fourth-order valence-electron chi connectivity index (χ4n) is 10.0. The molecule has 1 heterocycles. The summed E-state index contributed by atoms with van der Waals surface area (Å²) in [5.74, 6) is 0. The number of para-hydroxylation sites is 3. The Morgan fingerprint density at radius 3 is 1.78 bits per heavy atom. The van der Waals surface area contributed by atoms with Crippen molar-refractivity contribution < 1.29 is 4.42 Å². The van der Waals surface area contributed by atoms with E-state index in [1.54, 1.807) is 0 Å². The summed E-state index contributed by atoms with van der Waals surface area (Å²) in [5.41, 5.74) is 18.1. The first-order valence-electron chi connectivity index (χ1n) is 19.0. The topological polar surface area (TPSA) is 16.4 Å². The molecule has 8 aromatic carbocycles. The minimum absolute atomic E-state index is 0.110. The van der Waals surface area contributed by atoms with Crippen LogP contribution in [0.25, 0.3) is 66.1 Å². The minimum Gasteiger partial charge on any atom is -0.453 e. The maximum atomic E-state index is 7.05. The van der Waals surface area contributed by atoms with Crippen molar-refractivity contribution in [1.82, 2.24) is 0 Å². The molecule has 1 aromatic heterocycles. The molecule has 0 atom stereocenters. The Morgan fingerprint density at radius 1 is 0.407 bits per heavy atom. The largest absolute Gasteiger partial charge is 0.453 e. The highest BCUT2D eigenvalue weighted by Crippen LogP contribution is 2.61. The third-order valence-corrected chi connectivity index (χ3v) is 12.4. The molecule has 2 aliphatic rings. The molecule has 0 spiro atoms. The molecule has 0 radical (unpaired) electrons. The van der Waals surface area contributed by atoms with E-state index in [2.05, 4.69) is 196 Å². The van der Waals surface area contributed by atoms with Crippen LogP contribution in [-0.4, -0.2) is 0 Å². The van der Waals surface area contributed by atoms with E-state index >= 15 is 0 Å². The number of furan rings is 1. The summed E-state index contributed by atoms with van der Waals surface area (Å²) in [6.45, 7) is 9.70. The van der Waals surface area contributed by atoms with Gasteiger partial charge in [0.2, 0.25) is 0 Å². The van der Waals surface area contributed by atoms with Gasteiger partial charge >= 0.3 is 0 Å². The summed E-state index contributed by atoms with van der Waals surface area (Å²) in [7, 11) is 0. The zero-order valence-corrected chi connectivity index (χ0v) is 30.9. The van der Waals surface area contributed by atoms with Crippen LogP contribution in [0.1, 0.15) is 49.9 Å². The van der Waals surface area contributed by atoms with Crippen molar-refractivity contribution in [2.45, 2.75) is 38.5 Å². The Bertz CT molecular complexity index is 2980. The van der Waals surface area contributed by atoms with Crippen LogP contribution in [0, 0.1) is 0 Å². The van der Waals surface area contributed by atoms with Crippen molar-refractivity contribution >= 4 is 49.8 Å². The quantitative estimate of drug-likeness (QED) is 0.182. The first kappa shape index (κ1) is 31.2. The summed E-state index contributed by atoms with van der Waals surface area (Å²) in [6, 6.07) is 59.7. The van der Waals surface area contributed by atoms with Gasteiger partial charge in [0.25, 0.3) is 0 Å². The van der Waals surface area contributed by atoms with Crippen molar-refractivity contribution in [1.29, 1.82) is 0 Å². The summed E-state index contributed by atoms with van der Waals surface area (Å²) in [4.78, 5) is 2.43. The molecule has 2 nitrogen and oxygen atoms in total. The first-order valence-corrected chi connectivity index (χ1v) is 19.0. The zero-order valence-electron chi connectivity index (χ0n) is 30.9. The molecule has 0 saturated heterocycles. The van der Waals surface area contributed by atoms with Crippen molar-refractivity contribution in [3.8, 4) is 33.4 Å². The molecule has 0 saturated carbocycles. The van der Waals surface area contributed by atoms with E-state index in [4.69, 9.17) is 4.42 Å². The second kappa shape index (κ2) is 11.1. The molecule has 0 amide bonds. The Balaban J connectivity index is 1.19. The number of nitrogens with zero attached hydrogens (tertiary/aromatic N) is 1. The molecule has 258 valence electrons. The normalized spacial score (nSPS) is 14.6. The standard InChI is InChI=1S/C52H39NO/c1-51(2)42-27-14-13-21-35(42)38-29-30-41-46-37-23-12-11-22-36(37)45(31-43(46)52(3,4)48(41)47(38)51)53(33-19-9-6-10-20-33)44-28-16-26-40-39-25-15-24-34(49(39)54-50(40)44)32-17-7-5-8-18-32/h5-31H,1-4H3. The van der Waals surface area contributed by atoms with E-state index < -0.39 is 0 Å². The number of hydrogen-bond donors (Lipinski definition) is 0. The first-order chi connectivity index (χ1) is 26.3. The van der Waals surface area contributed by atoms with Gasteiger partial charge in [-0.25, -0.2) is 0 Å². The lowest BCUT2D eigenvalue weighted by Gasteiger charge is -2.32. The molecular weight excluding hydrogens is 655 g/mol. The van der Waals surface area contributed by atoms with Gasteiger partial charge < -0.3 is 9.32 Å². The van der Waals surface area contributed by atoms with Gasteiger partial charge in [-0.2, -0.15) is 0 Å². The lowest BCUT2D eigenvalue weighted by molar-refractivity contribution is 0.601. The third-order valence-electron chi connectivity index (χ3n) is 12.4. The maximum Gasteiger partial charge on any atom is 0.159 e. The molecule has 2 heteroatoms. The molecular formula is C52H39NO. The second-order valence-electron chi connectivity index (χ2n) is 16.0. The fourth-order valence-corrected chi connectivity index (χ4v) is 10.0. The molecule has 54 heavy (non-hydrogen) atoms. The van der Waals surface area contributed by atoms with Gasteiger partial charge in [-0.15, -0.1) is 0 Å². The number of anilines is 3. The van der Waals surface area contributed by atoms with Crippen LogP contribution in [0.3, 0.4) is 0 Å². The highest BCUT2D eigenvalue weighted by atomic mass is 16.3. The molecule has 11 rings (SSSR count). The van der Waals surface area contributed by atoms with Gasteiger partial charge in [0.05, 0.1) is 11.4 Å². The predicted octanol–water partition coefficient (Wildman–Crippen LogP) is 14.5. The monoisotopic (exact) mass is 693 g/mol. The Kier molecular flexibility index (Phi) is 6.39. The second-order valence-corrected chi connectivity index (χ2v) is 16.0. The average Bonchev–Trinajstić information content (AvgIpc) is 3.79. The molecule has 0 unspecified atom stereocenters. The SMILES string of the molecule is CC1(C)c2ccccc2-c2ccc3c(c21)C(C)(C)c1cc(N(c2ccccc2)c2cccc4c2oc2c(-c5ccccc5)cccc24)c2ccccc2c1-3. The van der Waals surface area contributed by atoms with Gasteiger partial charge in [0.15, 0.2) is 5.58 Å². The number of benzene rings is 8. The molecule has 0 aliphatic heterocycles. The van der Waals surface area contributed by atoms with Crippen LogP contribution in [0.4, 0.5) is 17.1 Å². The molecule has 0 N–H and O–H groups in total. The summed E-state index contributed by atoms with van der Waals surface area (Å²) >= 11 is 0. The van der Waals surface area contributed by atoms with Crippen LogP contribution in [0.2, 0.25) is 0 Å². The van der Waals surface area contributed by atoms with E-state index in [1.165, 1.54) is 55.3 Å². The Hall–Kier alpha value is -6.38. The fraction of sp³-hybridized carbons (Fsp3) is 0.115. The van der Waals surface area contributed by atoms with Crippen LogP contribution < -0.4 is 4.90 Å². The summed E-state index contributed by atoms with van der Waals surface area (Å²) < 4.78 is 7.05. The van der Waals surface area contributed by atoms with Crippen molar-refractivity contribution in [2.24, 2.45) is 0 Å². The molecule has 2 aliphatic carbocycles. The van der Waals surface area contributed by atoms with E-state index in [1.807, 2.05) is 0 Å². The van der Waals surface area contributed by atoms with Gasteiger partial charge in [-0.05, 0) is 79.7 Å². The van der Waals surface area contributed by atoms with Crippen LogP contribution in [0.15, 0.2) is 168 Å². The highest BCUT2D eigenvalue weighted by molar-refractivity contribution is 6.16. The Labute approximate surface area is 315 Å². The number of rotatable bonds is 4. The van der Waals surface area contributed by atoms with Crippen molar-refractivity contribution in [3.05, 3.63) is 186 Å². The van der Waals surface area contributed by atoms with Crippen LogP contribution in [-0.2, 0) is 10.8 Å². The summed E-state index contributed by atoms with van der Waals surface area (Å²) in [5, 5.41) is 4.71. The maximum absolute atomic E-state index is 7.05. The summed E-state index contributed by atoms with van der Waals surface area (Å²) in [6.07, 6.45) is 0. The van der Waals surface area contributed by atoms with E-state index in [9.17, 15) is 0 Å². The van der Waals surface area contributed by atoms with E-state index in [0.29, 0.717) is 0 Å². The predicted molar refractivity (Wildman–Crippen MR) is 226 cm³/mol. The van der Waals surface area contributed by atoms with Gasteiger partial charge in [-0.3, -0.25) is 0 Å². The van der Waals surface area contributed by atoms with Crippen molar-refractivity contribution in [3.63, 3.8) is 0 Å². The van der Waals surface area contributed by atoms with E-state index in [0.717, 1.165) is 50.1 Å². The zero-order chi connectivity index (χ0) is 36.3. The highest BCUT2D eigenvalue weighted by Gasteiger charge is 2.46. The molecule has 0 bridgehead atoms. The lowest BCUT2D eigenvalue weighted by atomic mass is 9.72. The Morgan fingerprint density at radius 2 is 0.981 bits per heavy atom. The smallest absolute Gasteiger partial charge is 0.159 e.